The van der Waals surface area contributed by atoms with Gasteiger partial charge in [-0.15, -0.1) is 11.3 Å². The molecule has 142 valence electrons. The van der Waals surface area contributed by atoms with Crippen LogP contribution in [0.15, 0.2) is 23.2 Å². The van der Waals surface area contributed by atoms with Gasteiger partial charge in [0.1, 0.15) is 17.2 Å². The lowest BCUT2D eigenvalue weighted by Gasteiger charge is -2.05. The van der Waals surface area contributed by atoms with Crippen molar-refractivity contribution in [3.05, 3.63) is 38.6 Å². The van der Waals surface area contributed by atoms with E-state index in [2.05, 4.69) is 9.98 Å². The molecule has 27 heavy (non-hydrogen) atoms. The molecule has 9 heteroatoms. The summed E-state index contributed by atoms with van der Waals surface area (Å²) in [5, 5.41) is 0.812. The molecule has 0 saturated heterocycles. The van der Waals surface area contributed by atoms with Gasteiger partial charge in [0.2, 0.25) is 0 Å². The zero-order chi connectivity index (χ0) is 19.6. The first-order valence-corrected chi connectivity index (χ1v) is 9.92. The second-order valence-electron chi connectivity index (χ2n) is 5.67. The molecule has 7 nitrogen and oxygen atoms in total. The van der Waals surface area contributed by atoms with E-state index in [1.807, 2.05) is 19.1 Å². The molecule has 0 fully saturated rings. The van der Waals surface area contributed by atoms with Crippen molar-refractivity contribution in [3.8, 4) is 5.75 Å². The first-order chi connectivity index (χ1) is 12.9. The number of amides is 1. The molecule has 0 bridgehead atoms. The molecule has 3 rings (SSSR count). The molecule has 0 radical (unpaired) electrons. The van der Waals surface area contributed by atoms with Gasteiger partial charge in [-0.3, -0.25) is 9.59 Å². The van der Waals surface area contributed by atoms with Gasteiger partial charge in [0.05, 0.1) is 34.6 Å². The Morgan fingerprint density at radius 1 is 1.26 bits per heavy atom. The minimum absolute atomic E-state index is 0.0209. The van der Waals surface area contributed by atoms with Crippen LogP contribution < -0.4 is 9.54 Å². The fourth-order valence-corrected chi connectivity index (χ4v) is 4.48. The standard InChI is InChI=1S/C18H19N3O4S2/c1-5-25-15(22)9-21-13-7-6-12(24-4)8-14(13)27-18(21)20-17(23)16-10(2)19-11(3)26-16/h6-8H,5,9H2,1-4H3. The van der Waals surface area contributed by atoms with Crippen molar-refractivity contribution in [2.24, 2.45) is 4.99 Å². The summed E-state index contributed by atoms with van der Waals surface area (Å²) < 4.78 is 12.9. The number of aryl methyl sites for hydroxylation is 2. The van der Waals surface area contributed by atoms with Gasteiger partial charge in [-0.2, -0.15) is 4.99 Å². The molecule has 0 spiro atoms. The summed E-state index contributed by atoms with van der Waals surface area (Å²) in [5.41, 5.74) is 1.45. The highest BCUT2D eigenvalue weighted by Gasteiger charge is 2.16. The van der Waals surface area contributed by atoms with E-state index in [9.17, 15) is 9.59 Å². The highest BCUT2D eigenvalue weighted by molar-refractivity contribution is 7.16. The molecule has 1 aromatic carbocycles. The fraction of sp³-hybridized carbons (Fsp3) is 0.333. The van der Waals surface area contributed by atoms with Gasteiger partial charge in [0.15, 0.2) is 4.80 Å². The van der Waals surface area contributed by atoms with Crippen molar-refractivity contribution < 1.29 is 19.1 Å². The molecule has 0 aliphatic heterocycles. The number of carbonyl (C=O) groups excluding carboxylic acids is 2. The van der Waals surface area contributed by atoms with Gasteiger partial charge in [0.25, 0.3) is 5.91 Å². The molecule has 2 aromatic heterocycles. The number of thiazole rings is 2. The third-order valence-corrected chi connectivity index (χ3v) is 5.88. The van der Waals surface area contributed by atoms with Crippen LogP contribution in [0.2, 0.25) is 0 Å². The molecular formula is C18H19N3O4S2. The third-order valence-electron chi connectivity index (χ3n) is 3.78. The number of hydrogen-bond acceptors (Lipinski definition) is 7. The summed E-state index contributed by atoms with van der Waals surface area (Å²) in [4.78, 5) is 34.2. The van der Waals surface area contributed by atoms with Crippen LogP contribution in [0.3, 0.4) is 0 Å². The van der Waals surface area contributed by atoms with Crippen molar-refractivity contribution >= 4 is 44.8 Å². The van der Waals surface area contributed by atoms with E-state index in [1.54, 1.807) is 31.6 Å². The fourth-order valence-electron chi connectivity index (χ4n) is 2.62. The lowest BCUT2D eigenvalue weighted by Crippen LogP contribution is -2.23. The molecular weight excluding hydrogens is 386 g/mol. The second-order valence-corrected chi connectivity index (χ2v) is 7.89. The number of carbonyl (C=O) groups is 2. The Kier molecular flexibility index (Phi) is 5.71. The Morgan fingerprint density at radius 3 is 2.67 bits per heavy atom. The van der Waals surface area contributed by atoms with E-state index in [1.165, 1.54) is 22.7 Å². The number of ether oxygens (including phenoxy) is 2. The highest BCUT2D eigenvalue weighted by Crippen LogP contribution is 2.24. The van der Waals surface area contributed by atoms with Gasteiger partial charge in [-0.1, -0.05) is 11.3 Å². The lowest BCUT2D eigenvalue weighted by molar-refractivity contribution is -0.143. The maximum atomic E-state index is 12.7. The van der Waals surface area contributed by atoms with E-state index < -0.39 is 0 Å². The largest absolute Gasteiger partial charge is 0.497 e. The number of rotatable bonds is 5. The average molecular weight is 406 g/mol. The Balaban J connectivity index is 2.13. The van der Waals surface area contributed by atoms with Crippen LogP contribution in [0.4, 0.5) is 0 Å². The van der Waals surface area contributed by atoms with Gasteiger partial charge in [0, 0.05) is 0 Å². The van der Waals surface area contributed by atoms with Crippen molar-refractivity contribution in [1.29, 1.82) is 0 Å². The summed E-state index contributed by atoms with van der Waals surface area (Å²) >= 11 is 2.63. The van der Waals surface area contributed by atoms with Crippen LogP contribution >= 0.6 is 22.7 Å². The number of esters is 1. The molecule has 0 aliphatic carbocycles. The van der Waals surface area contributed by atoms with Gasteiger partial charge in [-0.05, 0) is 39.0 Å². The smallest absolute Gasteiger partial charge is 0.326 e. The molecule has 0 aliphatic rings. The Labute approximate surface area is 163 Å². The maximum absolute atomic E-state index is 12.7. The molecule has 0 saturated carbocycles. The number of fused-ring (bicyclic) bond motifs is 1. The molecule has 1 amide bonds. The van der Waals surface area contributed by atoms with Crippen molar-refractivity contribution in [2.75, 3.05) is 13.7 Å². The SMILES string of the molecule is CCOC(=O)Cn1c(=NC(=O)c2sc(C)nc2C)sc2cc(OC)ccc21. The van der Waals surface area contributed by atoms with Crippen LogP contribution in [0, 0.1) is 13.8 Å². The zero-order valence-electron chi connectivity index (χ0n) is 15.4. The van der Waals surface area contributed by atoms with Gasteiger partial charge >= 0.3 is 5.97 Å². The number of benzene rings is 1. The van der Waals surface area contributed by atoms with Gasteiger partial charge < -0.3 is 14.0 Å². The monoisotopic (exact) mass is 405 g/mol. The highest BCUT2D eigenvalue weighted by atomic mass is 32.1. The Bertz CT molecular complexity index is 1080. The van der Waals surface area contributed by atoms with Crippen LogP contribution in [0.1, 0.15) is 27.3 Å². The average Bonchev–Trinajstić information content (AvgIpc) is 3.14. The lowest BCUT2D eigenvalue weighted by atomic mass is 10.3. The predicted molar refractivity (Wildman–Crippen MR) is 104 cm³/mol. The van der Waals surface area contributed by atoms with E-state index in [4.69, 9.17) is 9.47 Å². The van der Waals surface area contributed by atoms with Crippen molar-refractivity contribution in [3.63, 3.8) is 0 Å². The van der Waals surface area contributed by atoms with Crippen LogP contribution in [-0.2, 0) is 16.1 Å². The summed E-state index contributed by atoms with van der Waals surface area (Å²) in [6.45, 7) is 5.66. The minimum Gasteiger partial charge on any atom is -0.497 e. The number of aromatic nitrogens is 2. The number of hydrogen-bond donors (Lipinski definition) is 0. The molecule has 0 N–H and O–H groups in total. The van der Waals surface area contributed by atoms with Crippen LogP contribution in [0.25, 0.3) is 10.2 Å². The van der Waals surface area contributed by atoms with Gasteiger partial charge in [-0.25, -0.2) is 4.98 Å². The van der Waals surface area contributed by atoms with Crippen molar-refractivity contribution in [1.82, 2.24) is 9.55 Å². The van der Waals surface area contributed by atoms with E-state index in [0.717, 1.165) is 15.2 Å². The number of nitrogens with zero attached hydrogens (tertiary/aromatic N) is 3. The van der Waals surface area contributed by atoms with E-state index in [-0.39, 0.29) is 18.4 Å². The van der Waals surface area contributed by atoms with Crippen molar-refractivity contribution in [2.45, 2.75) is 27.3 Å². The molecule has 2 heterocycles. The van der Waals surface area contributed by atoms with Crippen LogP contribution in [0.5, 0.6) is 5.75 Å². The van der Waals surface area contributed by atoms with Crippen LogP contribution in [-0.4, -0.2) is 35.1 Å². The Morgan fingerprint density at radius 2 is 2.04 bits per heavy atom. The first-order valence-electron chi connectivity index (χ1n) is 8.29. The minimum atomic E-state index is -0.383. The molecule has 0 unspecified atom stereocenters. The summed E-state index contributed by atoms with van der Waals surface area (Å²) in [5.74, 6) is -0.0557. The topological polar surface area (TPSA) is 82.8 Å². The predicted octanol–water partition coefficient (Wildman–Crippen LogP) is 3.09. The molecule has 0 atom stereocenters. The Hall–Kier alpha value is -2.52. The zero-order valence-corrected chi connectivity index (χ0v) is 17.1. The van der Waals surface area contributed by atoms with E-state index in [0.29, 0.717) is 27.7 Å². The number of methoxy groups -OCH3 is 1. The third kappa shape index (κ3) is 4.09. The summed E-state index contributed by atoms with van der Waals surface area (Å²) in [6.07, 6.45) is 0. The summed E-state index contributed by atoms with van der Waals surface area (Å²) in [6, 6.07) is 5.50. The first kappa shape index (κ1) is 19.2. The second kappa shape index (κ2) is 8.01. The quantitative estimate of drug-likeness (QED) is 0.609. The maximum Gasteiger partial charge on any atom is 0.326 e. The summed E-state index contributed by atoms with van der Waals surface area (Å²) in [7, 11) is 1.59. The van der Waals surface area contributed by atoms with E-state index >= 15 is 0 Å². The normalized spacial score (nSPS) is 11.8. The molecule has 3 aromatic rings.